The van der Waals surface area contributed by atoms with Crippen molar-refractivity contribution in [1.82, 2.24) is 4.57 Å². The van der Waals surface area contributed by atoms with E-state index in [1.54, 1.807) is 0 Å². The van der Waals surface area contributed by atoms with Crippen LogP contribution in [0.2, 0.25) is 0 Å². The average molecular weight is 216 g/mol. The van der Waals surface area contributed by atoms with E-state index in [0.717, 1.165) is 5.52 Å². The van der Waals surface area contributed by atoms with Crippen LogP contribution in [0.1, 0.15) is 11.1 Å². The summed E-state index contributed by atoms with van der Waals surface area (Å²) < 4.78 is 3.04. The lowest BCUT2D eigenvalue weighted by Crippen LogP contribution is -2.11. The number of benzene rings is 1. The Labute approximate surface area is 92.7 Å². The molecule has 76 valence electrons. The number of hydrogen-bond donors (Lipinski definition) is 1. The van der Waals surface area contributed by atoms with Crippen molar-refractivity contribution in [2.75, 3.05) is 0 Å². The van der Waals surface area contributed by atoms with E-state index in [1.165, 1.54) is 27.2 Å². The normalized spacial score (nSPS) is 10.5. The number of terminal acetylenes is 1. The van der Waals surface area contributed by atoms with Gasteiger partial charge in [-0.25, -0.2) is 0 Å². The third kappa shape index (κ3) is 1.57. The zero-order valence-corrected chi connectivity index (χ0v) is 9.61. The molecule has 0 aliphatic rings. The maximum Gasteiger partial charge on any atom is 0.183 e. The number of aryl methyl sites for hydroxylation is 2. The Kier molecular flexibility index (Phi) is 2.37. The minimum absolute atomic E-state index is 0.474. The van der Waals surface area contributed by atoms with Gasteiger partial charge in [0.15, 0.2) is 4.80 Å². The molecule has 15 heavy (non-hydrogen) atoms. The summed E-state index contributed by atoms with van der Waals surface area (Å²) in [5.41, 5.74) is 3.52. The van der Waals surface area contributed by atoms with Crippen molar-refractivity contribution in [3.63, 3.8) is 0 Å². The lowest BCUT2D eigenvalue weighted by molar-refractivity contribution is 0.828. The largest absolute Gasteiger partial charge is 0.305 e. The van der Waals surface area contributed by atoms with Crippen molar-refractivity contribution in [2.24, 2.45) is 0 Å². The molecule has 0 aliphatic heterocycles. The van der Waals surface area contributed by atoms with Crippen LogP contribution in [0.25, 0.3) is 10.2 Å². The predicted octanol–water partition coefficient (Wildman–Crippen LogP) is 2.43. The lowest BCUT2D eigenvalue weighted by Gasteiger charge is -2.02. The highest BCUT2D eigenvalue weighted by atomic mass is 32.1. The van der Waals surface area contributed by atoms with Gasteiger partial charge in [-0.3, -0.25) is 5.41 Å². The van der Waals surface area contributed by atoms with Crippen LogP contribution in [0.4, 0.5) is 0 Å². The molecule has 2 rings (SSSR count). The van der Waals surface area contributed by atoms with Crippen molar-refractivity contribution in [3.8, 4) is 12.3 Å². The zero-order chi connectivity index (χ0) is 11.0. The van der Waals surface area contributed by atoms with Gasteiger partial charge >= 0.3 is 0 Å². The van der Waals surface area contributed by atoms with E-state index in [1.807, 2.05) is 4.57 Å². The fourth-order valence-electron chi connectivity index (χ4n) is 1.77. The molecule has 1 N–H and O–H groups in total. The second kappa shape index (κ2) is 3.56. The van der Waals surface area contributed by atoms with Crippen molar-refractivity contribution < 1.29 is 0 Å². The van der Waals surface area contributed by atoms with Crippen LogP contribution in [-0.4, -0.2) is 4.57 Å². The number of fused-ring (bicyclic) bond motifs is 1. The molecule has 0 aliphatic carbocycles. The number of nitrogens with zero attached hydrogens (tertiary/aromatic N) is 1. The Morgan fingerprint density at radius 3 is 2.87 bits per heavy atom. The third-order valence-electron chi connectivity index (χ3n) is 2.38. The van der Waals surface area contributed by atoms with Gasteiger partial charge in [0.05, 0.1) is 16.8 Å². The summed E-state index contributed by atoms with van der Waals surface area (Å²) in [6.45, 7) is 4.61. The third-order valence-corrected chi connectivity index (χ3v) is 3.53. The van der Waals surface area contributed by atoms with Crippen molar-refractivity contribution >= 4 is 21.6 Å². The maximum atomic E-state index is 7.86. The molecule has 0 unspecified atom stereocenters. The summed E-state index contributed by atoms with van der Waals surface area (Å²) >= 11 is 1.49. The van der Waals surface area contributed by atoms with Gasteiger partial charge in [0.1, 0.15) is 0 Å². The van der Waals surface area contributed by atoms with Crippen molar-refractivity contribution in [3.05, 3.63) is 28.1 Å². The van der Waals surface area contributed by atoms with Crippen LogP contribution in [-0.2, 0) is 6.54 Å². The van der Waals surface area contributed by atoms with E-state index in [4.69, 9.17) is 11.8 Å². The summed E-state index contributed by atoms with van der Waals surface area (Å²) in [5.74, 6) is 2.59. The molecule has 1 heterocycles. The summed E-state index contributed by atoms with van der Waals surface area (Å²) in [7, 11) is 0. The Morgan fingerprint density at radius 2 is 2.20 bits per heavy atom. The molecule has 0 spiro atoms. The quantitative estimate of drug-likeness (QED) is 0.709. The molecule has 0 saturated heterocycles. The first-order valence-corrected chi connectivity index (χ1v) is 5.54. The molecule has 1 aromatic heterocycles. The molecule has 0 saturated carbocycles. The molecule has 2 aromatic rings. The topological polar surface area (TPSA) is 28.8 Å². The maximum absolute atomic E-state index is 7.86. The molecule has 0 atom stereocenters. The number of aromatic nitrogens is 1. The Morgan fingerprint density at radius 1 is 1.47 bits per heavy atom. The van der Waals surface area contributed by atoms with Gasteiger partial charge in [-0.2, -0.15) is 0 Å². The highest BCUT2D eigenvalue weighted by Crippen LogP contribution is 2.22. The minimum Gasteiger partial charge on any atom is -0.305 e. The summed E-state index contributed by atoms with van der Waals surface area (Å²) in [4.78, 5) is 0.525. The van der Waals surface area contributed by atoms with Gasteiger partial charge in [0, 0.05) is 0 Å². The molecular formula is C12H12N2S. The fourth-order valence-corrected chi connectivity index (χ4v) is 2.73. The Hall–Kier alpha value is -1.53. The van der Waals surface area contributed by atoms with Crippen LogP contribution in [0.5, 0.6) is 0 Å². The molecule has 0 amide bonds. The Balaban J connectivity index is 2.88. The van der Waals surface area contributed by atoms with E-state index in [-0.39, 0.29) is 0 Å². The molecule has 0 fully saturated rings. The summed E-state index contributed by atoms with van der Waals surface area (Å²) in [6.07, 6.45) is 5.31. The molecule has 3 heteroatoms. The van der Waals surface area contributed by atoms with E-state index >= 15 is 0 Å². The number of rotatable bonds is 1. The van der Waals surface area contributed by atoms with Crippen LogP contribution in [0.15, 0.2) is 12.1 Å². The highest BCUT2D eigenvalue weighted by molar-refractivity contribution is 7.16. The molecule has 0 radical (unpaired) electrons. The summed E-state index contributed by atoms with van der Waals surface area (Å²) in [5, 5.41) is 7.86. The predicted molar refractivity (Wildman–Crippen MR) is 64.0 cm³/mol. The first-order chi connectivity index (χ1) is 7.13. The zero-order valence-electron chi connectivity index (χ0n) is 8.79. The van der Waals surface area contributed by atoms with Crippen LogP contribution >= 0.6 is 11.3 Å². The number of nitrogens with one attached hydrogen (secondary N) is 1. The van der Waals surface area contributed by atoms with Gasteiger partial charge < -0.3 is 4.57 Å². The van der Waals surface area contributed by atoms with E-state index in [0.29, 0.717) is 11.3 Å². The molecule has 1 aromatic carbocycles. The number of thiazole rings is 1. The highest BCUT2D eigenvalue weighted by Gasteiger charge is 2.06. The van der Waals surface area contributed by atoms with Crippen LogP contribution < -0.4 is 4.80 Å². The lowest BCUT2D eigenvalue weighted by atomic mass is 10.1. The van der Waals surface area contributed by atoms with Crippen molar-refractivity contribution in [1.29, 1.82) is 5.41 Å². The molecule has 2 nitrogen and oxygen atoms in total. The second-order valence-electron chi connectivity index (χ2n) is 3.63. The smallest absolute Gasteiger partial charge is 0.183 e. The second-order valence-corrected chi connectivity index (χ2v) is 4.63. The minimum atomic E-state index is 0.474. The SMILES string of the molecule is C#CCn1c(=N)sc2c(C)cc(C)cc21. The molecular weight excluding hydrogens is 204 g/mol. The standard InChI is InChI=1S/C12H12N2S/c1-4-5-14-10-7-8(2)6-9(3)11(10)15-12(14)13/h1,6-7,13H,5H2,2-3H3. The van der Waals surface area contributed by atoms with Crippen LogP contribution in [0, 0.1) is 31.6 Å². The monoisotopic (exact) mass is 216 g/mol. The average Bonchev–Trinajstić information content (AvgIpc) is 2.46. The van der Waals surface area contributed by atoms with Gasteiger partial charge in [-0.1, -0.05) is 23.3 Å². The van der Waals surface area contributed by atoms with Gasteiger partial charge in [0.2, 0.25) is 0 Å². The van der Waals surface area contributed by atoms with E-state index in [2.05, 4.69) is 31.9 Å². The van der Waals surface area contributed by atoms with E-state index < -0.39 is 0 Å². The van der Waals surface area contributed by atoms with Gasteiger partial charge in [0.25, 0.3) is 0 Å². The number of hydrogen-bond acceptors (Lipinski definition) is 2. The van der Waals surface area contributed by atoms with Crippen molar-refractivity contribution in [2.45, 2.75) is 20.4 Å². The van der Waals surface area contributed by atoms with Gasteiger partial charge in [-0.05, 0) is 31.0 Å². The van der Waals surface area contributed by atoms with Crippen LogP contribution in [0.3, 0.4) is 0 Å². The van der Waals surface area contributed by atoms with E-state index in [9.17, 15) is 0 Å². The summed E-state index contributed by atoms with van der Waals surface area (Å²) in [6, 6.07) is 4.23. The first-order valence-electron chi connectivity index (χ1n) is 4.72. The first kappa shape index (κ1) is 10.0. The Bertz CT molecular complexity index is 611. The molecule has 0 bridgehead atoms. The fraction of sp³-hybridized carbons (Fsp3) is 0.250. The van der Waals surface area contributed by atoms with Gasteiger partial charge in [-0.15, -0.1) is 6.42 Å².